The molecule has 1 N–H and O–H groups in total. The van der Waals surface area contributed by atoms with Gasteiger partial charge in [-0.15, -0.1) is 0 Å². The lowest BCUT2D eigenvalue weighted by Crippen LogP contribution is -2.39. The second-order valence-corrected chi connectivity index (χ2v) is 5.72. The van der Waals surface area contributed by atoms with Crippen LogP contribution in [0.15, 0.2) is 24.3 Å². The highest BCUT2D eigenvalue weighted by Crippen LogP contribution is 2.30. The summed E-state index contributed by atoms with van der Waals surface area (Å²) in [5.74, 6) is 1.08. The zero-order valence-electron chi connectivity index (χ0n) is 12.0. The maximum absolute atomic E-state index is 12.4. The molecule has 0 heterocycles. The molecule has 4 heteroatoms. The number of benzene rings is 1. The van der Waals surface area contributed by atoms with Crippen LogP contribution in [-0.2, 0) is 11.3 Å². The first-order chi connectivity index (χ1) is 9.78. The molecule has 2 fully saturated rings. The third-order valence-corrected chi connectivity index (χ3v) is 3.96. The van der Waals surface area contributed by atoms with Crippen molar-refractivity contribution in [2.75, 3.05) is 13.7 Å². The molecule has 108 valence electrons. The van der Waals surface area contributed by atoms with Crippen molar-refractivity contribution in [2.45, 2.75) is 44.3 Å². The fourth-order valence-electron chi connectivity index (χ4n) is 2.44. The highest BCUT2D eigenvalue weighted by atomic mass is 16.5. The Morgan fingerprint density at radius 2 is 2.05 bits per heavy atom. The summed E-state index contributed by atoms with van der Waals surface area (Å²) in [7, 11) is 1.68. The molecule has 0 atom stereocenters. The first-order valence-corrected chi connectivity index (χ1v) is 7.42. The molecular weight excluding hydrogens is 252 g/mol. The normalized spacial score (nSPS) is 17.9. The van der Waals surface area contributed by atoms with Crippen molar-refractivity contribution in [3.63, 3.8) is 0 Å². The summed E-state index contributed by atoms with van der Waals surface area (Å²) in [5.41, 5.74) is 1.08. The van der Waals surface area contributed by atoms with Gasteiger partial charge in [0.1, 0.15) is 5.75 Å². The molecule has 0 saturated heterocycles. The quantitative estimate of drug-likeness (QED) is 0.826. The van der Waals surface area contributed by atoms with Crippen molar-refractivity contribution in [1.82, 2.24) is 10.2 Å². The fraction of sp³-hybridized carbons (Fsp3) is 0.562. The Morgan fingerprint density at radius 3 is 2.70 bits per heavy atom. The van der Waals surface area contributed by atoms with E-state index in [4.69, 9.17) is 4.74 Å². The topological polar surface area (TPSA) is 41.6 Å². The van der Waals surface area contributed by atoms with E-state index in [0.29, 0.717) is 25.2 Å². The van der Waals surface area contributed by atoms with Crippen LogP contribution in [0.4, 0.5) is 0 Å². The molecule has 0 bridgehead atoms. The van der Waals surface area contributed by atoms with Crippen LogP contribution in [0.5, 0.6) is 5.75 Å². The summed E-state index contributed by atoms with van der Waals surface area (Å²) in [4.78, 5) is 14.4. The fourth-order valence-corrected chi connectivity index (χ4v) is 2.44. The van der Waals surface area contributed by atoms with E-state index in [1.54, 1.807) is 7.11 Å². The van der Waals surface area contributed by atoms with Crippen molar-refractivity contribution >= 4 is 5.91 Å². The van der Waals surface area contributed by atoms with Gasteiger partial charge in [-0.1, -0.05) is 18.2 Å². The van der Waals surface area contributed by atoms with Crippen LogP contribution in [0.1, 0.15) is 31.2 Å². The molecule has 4 nitrogen and oxygen atoms in total. The van der Waals surface area contributed by atoms with Crippen LogP contribution < -0.4 is 10.1 Å². The number of rotatable bonds is 7. The van der Waals surface area contributed by atoms with Crippen LogP contribution >= 0.6 is 0 Å². The van der Waals surface area contributed by atoms with Crippen LogP contribution in [0.2, 0.25) is 0 Å². The monoisotopic (exact) mass is 274 g/mol. The van der Waals surface area contributed by atoms with Gasteiger partial charge in [0, 0.05) is 24.2 Å². The number of carbonyl (C=O) groups excluding carboxylic acids is 1. The van der Waals surface area contributed by atoms with Gasteiger partial charge in [0.15, 0.2) is 0 Å². The summed E-state index contributed by atoms with van der Waals surface area (Å²) < 4.78 is 5.38. The second-order valence-electron chi connectivity index (χ2n) is 5.72. The van der Waals surface area contributed by atoms with E-state index in [2.05, 4.69) is 5.32 Å². The average Bonchev–Trinajstić information content (AvgIpc) is 3.36. The molecule has 3 rings (SSSR count). The maximum Gasteiger partial charge on any atom is 0.237 e. The lowest BCUT2D eigenvalue weighted by atomic mass is 10.2. The van der Waals surface area contributed by atoms with Crippen molar-refractivity contribution in [1.29, 1.82) is 0 Å². The van der Waals surface area contributed by atoms with E-state index in [0.717, 1.165) is 24.2 Å². The lowest BCUT2D eigenvalue weighted by Gasteiger charge is -2.23. The molecule has 1 aromatic rings. The summed E-state index contributed by atoms with van der Waals surface area (Å²) in [6.07, 6.45) is 4.68. The van der Waals surface area contributed by atoms with Crippen molar-refractivity contribution in [3.8, 4) is 5.75 Å². The minimum atomic E-state index is 0.213. The molecule has 20 heavy (non-hydrogen) atoms. The van der Waals surface area contributed by atoms with Gasteiger partial charge in [-0.2, -0.15) is 0 Å². The minimum Gasteiger partial charge on any atom is -0.496 e. The number of carbonyl (C=O) groups is 1. The number of ether oxygens (including phenoxy) is 1. The predicted molar refractivity (Wildman–Crippen MR) is 77.6 cm³/mol. The number of hydrogen-bond donors (Lipinski definition) is 1. The molecule has 2 aliphatic rings. The highest BCUT2D eigenvalue weighted by Gasteiger charge is 2.33. The first kappa shape index (κ1) is 13.4. The molecule has 1 amide bonds. The van der Waals surface area contributed by atoms with Gasteiger partial charge in [-0.25, -0.2) is 0 Å². The Morgan fingerprint density at radius 1 is 1.30 bits per heavy atom. The Kier molecular flexibility index (Phi) is 3.92. The van der Waals surface area contributed by atoms with Gasteiger partial charge >= 0.3 is 0 Å². The zero-order chi connectivity index (χ0) is 13.9. The van der Waals surface area contributed by atoms with E-state index >= 15 is 0 Å². The first-order valence-electron chi connectivity index (χ1n) is 7.42. The molecule has 2 aliphatic carbocycles. The number of nitrogens with one attached hydrogen (secondary N) is 1. The Labute approximate surface area is 120 Å². The van der Waals surface area contributed by atoms with Crippen LogP contribution in [0.3, 0.4) is 0 Å². The standard InChI is InChI=1S/C16H22N2O2/c1-20-15-5-3-2-4-12(15)11-18(14-8-9-14)16(19)10-17-13-6-7-13/h2-5,13-14,17H,6-11H2,1H3. The van der Waals surface area contributed by atoms with E-state index in [-0.39, 0.29) is 5.91 Å². The van der Waals surface area contributed by atoms with Gasteiger partial charge in [0.2, 0.25) is 5.91 Å². The van der Waals surface area contributed by atoms with Crippen LogP contribution in [0.25, 0.3) is 0 Å². The number of amides is 1. The van der Waals surface area contributed by atoms with Crippen LogP contribution in [0, 0.1) is 0 Å². The third kappa shape index (κ3) is 3.31. The Hall–Kier alpha value is -1.55. The molecule has 0 aliphatic heterocycles. The molecule has 2 saturated carbocycles. The van der Waals surface area contributed by atoms with Gasteiger partial charge in [-0.3, -0.25) is 4.79 Å². The molecular formula is C16H22N2O2. The Bertz CT molecular complexity index is 481. The van der Waals surface area contributed by atoms with Crippen LogP contribution in [-0.4, -0.2) is 36.5 Å². The number of para-hydroxylation sites is 1. The van der Waals surface area contributed by atoms with Gasteiger partial charge in [0.25, 0.3) is 0 Å². The Balaban J connectivity index is 1.65. The largest absolute Gasteiger partial charge is 0.496 e. The van der Waals surface area contributed by atoms with Crippen molar-refractivity contribution in [2.24, 2.45) is 0 Å². The van der Waals surface area contributed by atoms with Crippen molar-refractivity contribution < 1.29 is 9.53 Å². The molecule has 0 spiro atoms. The van der Waals surface area contributed by atoms with Crippen molar-refractivity contribution in [3.05, 3.63) is 29.8 Å². The number of methoxy groups -OCH3 is 1. The van der Waals surface area contributed by atoms with E-state index < -0.39 is 0 Å². The molecule has 0 aromatic heterocycles. The van der Waals surface area contributed by atoms with Gasteiger partial charge in [0.05, 0.1) is 13.7 Å². The lowest BCUT2D eigenvalue weighted by molar-refractivity contribution is -0.131. The molecule has 0 unspecified atom stereocenters. The zero-order valence-corrected chi connectivity index (χ0v) is 12.0. The summed E-state index contributed by atoms with van der Waals surface area (Å²) >= 11 is 0. The maximum atomic E-state index is 12.4. The summed E-state index contributed by atoms with van der Waals surface area (Å²) in [5, 5.41) is 3.31. The van der Waals surface area contributed by atoms with E-state index in [9.17, 15) is 4.79 Å². The van der Waals surface area contributed by atoms with E-state index in [1.807, 2.05) is 29.2 Å². The average molecular weight is 274 g/mol. The SMILES string of the molecule is COc1ccccc1CN(C(=O)CNC1CC1)C1CC1. The number of hydrogen-bond acceptors (Lipinski definition) is 3. The number of nitrogens with zero attached hydrogens (tertiary/aromatic N) is 1. The van der Waals surface area contributed by atoms with Gasteiger partial charge < -0.3 is 15.0 Å². The third-order valence-electron chi connectivity index (χ3n) is 3.96. The van der Waals surface area contributed by atoms with Gasteiger partial charge in [-0.05, 0) is 31.7 Å². The van der Waals surface area contributed by atoms with E-state index in [1.165, 1.54) is 12.8 Å². The second kappa shape index (κ2) is 5.83. The predicted octanol–water partition coefficient (Wildman–Crippen LogP) is 1.94. The summed E-state index contributed by atoms with van der Waals surface area (Å²) in [6.45, 7) is 1.12. The minimum absolute atomic E-state index is 0.213. The summed E-state index contributed by atoms with van der Waals surface area (Å²) in [6, 6.07) is 8.94. The smallest absolute Gasteiger partial charge is 0.237 e. The highest BCUT2D eigenvalue weighted by molar-refractivity contribution is 5.79. The molecule has 1 aromatic carbocycles. The molecule has 0 radical (unpaired) electrons.